The maximum absolute atomic E-state index is 9.44. The van der Waals surface area contributed by atoms with Gasteiger partial charge in [-0.05, 0) is 30.3 Å². The minimum absolute atomic E-state index is 0.166. The van der Waals surface area contributed by atoms with Crippen molar-refractivity contribution in [2.75, 3.05) is 6.61 Å². The molecule has 1 N–H and O–H groups in total. The lowest BCUT2D eigenvalue weighted by Gasteiger charge is -2.02. The van der Waals surface area contributed by atoms with Crippen LogP contribution in [0.1, 0.15) is 5.82 Å². The van der Waals surface area contributed by atoms with Crippen LogP contribution in [0, 0.1) is 0 Å². The number of hydrogen-bond donors (Lipinski definition) is 1. The van der Waals surface area contributed by atoms with Gasteiger partial charge in [0, 0.05) is 12.0 Å². The van der Waals surface area contributed by atoms with Crippen molar-refractivity contribution in [1.82, 2.24) is 10.1 Å². The van der Waals surface area contributed by atoms with Crippen molar-refractivity contribution in [3.63, 3.8) is 0 Å². The van der Waals surface area contributed by atoms with Gasteiger partial charge in [-0.1, -0.05) is 29.4 Å². The first-order chi connectivity index (χ1) is 10.3. The molecule has 0 unspecified atom stereocenters. The van der Waals surface area contributed by atoms with Crippen molar-refractivity contribution in [1.29, 1.82) is 0 Å². The second-order valence-electron chi connectivity index (χ2n) is 4.48. The molecular weight excluding hydrogens is 268 g/mol. The van der Waals surface area contributed by atoms with Crippen LogP contribution in [-0.2, 0) is 6.42 Å². The summed E-state index contributed by atoms with van der Waals surface area (Å²) in [5.74, 6) is 1.94. The number of ether oxygens (including phenoxy) is 1. The minimum Gasteiger partial charge on any atom is -0.508 e. The molecule has 0 spiro atoms. The molecule has 0 saturated carbocycles. The Labute approximate surface area is 121 Å². The third-order valence-corrected chi connectivity index (χ3v) is 2.90. The fourth-order valence-electron chi connectivity index (χ4n) is 1.89. The Bertz CT molecular complexity index is 710. The quantitative estimate of drug-likeness (QED) is 0.779. The molecule has 0 radical (unpaired) electrons. The van der Waals surface area contributed by atoms with Gasteiger partial charge in [0.15, 0.2) is 5.82 Å². The van der Waals surface area contributed by atoms with Crippen LogP contribution in [0.4, 0.5) is 0 Å². The summed E-state index contributed by atoms with van der Waals surface area (Å²) in [5.41, 5.74) is 0.692. The fraction of sp³-hybridized carbons (Fsp3) is 0.125. The van der Waals surface area contributed by atoms with Gasteiger partial charge in [0.2, 0.25) is 0 Å². The summed E-state index contributed by atoms with van der Waals surface area (Å²) >= 11 is 0. The van der Waals surface area contributed by atoms with Gasteiger partial charge in [0.25, 0.3) is 5.89 Å². The van der Waals surface area contributed by atoms with Crippen LogP contribution in [0.25, 0.3) is 11.5 Å². The molecule has 3 aromatic rings. The van der Waals surface area contributed by atoms with Crippen molar-refractivity contribution in [2.45, 2.75) is 6.42 Å². The Kier molecular flexibility index (Phi) is 3.82. The van der Waals surface area contributed by atoms with E-state index >= 15 is 0 Å². The molecule has 5 nitrogen and oxygen atoms in total. The lowest BCUT2D eigenvalue weighted by Crippen LogP contribution is -2.02. The van der Waals surface area contributed by atoms with Crippen molar-refractivity contribution in [2.24, 2.45) is 0 Å². The molecule has 0 bridgehead atoms. The number of aromatic hydroxyl groups is 1. The number of aromatic nitrogens is 2. The number of rotatable bonds is 5. The van der Waals surface area contributed by atoms with E-state index in [1.807, 2.05) is 30.3 Å². The maximum atomic E-state index is 9.44. The van der Waals surface area contributed by atoms with E-state index in [9.17, 15) is 5.11 Å². The molecule has 0 amide bonds. The van der Waals surface area contributed by atoms with Gasteiger partial charge in [0.1, 0.15) is 11.5 Å². The highest BCUT2D eigenvalue weighted by atomic mass is 16.5. The Hall–Kier alpha value is -2.82. The highest BCUT2D eigenvalue weighted by molar-refractivity contribution is 5.55. The van der Waals surface area contributed by atoms with Gasteiger partial charge in [-0.3, -0.25) is 0 Å². The maximum Gasteiger partial charge on any atom is 0.258 e. The molecule has 21 heavy (non-hydrogen) atoms. The van der Waals surface area contributed by atoms with E-state index in [1.54, 1.807) is 24.3 Å². The number of phenolic OH excluding ortho intramolecular Hbond substituents is 1. The first kappa shape index (κ1) is 13.2. The number of benzene rings is 2. The summed E-state index contributed by atoms with van der Waals surface area (Å²) in [6.45, 7) is 0.475. The van der Waals surface area contributed by atoms with Crippen molar-refractivity contribution in [3.05, 3.63) is 60.4 Å². The molecule has 0 atom stereocenters. The first-order valence-electron chi connectivity index (χ1n) is 6.61. The summed E-state index contributed by atoms with van der Waals surface area (Å²) in [4.78, 5) is 4.28. The van der Waals surface area contributed by atoms with Crippen LogP contribution in [-0.4, -0.2) is 21.9 Å². The lowest BCUT2D eigenvalue weighted by molar-refractivity contribution is 0.315. The summed E-state index contributed by atoms with van der Waals surface area (Å²) in [6.07, 6.45) is 0.553. The predicted octanol–water partition coefficient (Wildman–Crippen LogP) is 3.06. The topological polar surface area (TPSA) is 68.4 Å². The van der Waals surface area contributed by atoms with E-state index in [1.165, 1.54) is 0 Å². The third kappa shape index (κ3) is 3.39. The fourth-order valence-corrected chi connectivity index (χ4v) is 1.89. The highest BCUT2D eigenvalue weighted by Crippen LogP contribution is 2.21. The van der Waals surface area contributed by atoms with Crippen molar-refractivity contribution >= 4 is 0 Å². The second kappa shape index (κ2) is 6.09. The van der Waals surface area contributed by atoms with E-state index in [2.05, 4.69) is 10.1 Å². The molecule has 0 aliphatic carbocycles. The first-order valence-corrected chi connectivity index (χ1v) is 6.61. The molecule has 0 saturated heterocycles. The average Bonchev–Trinajstić information content (AvgIpc) is 2.97. The van der Waals surface area contributed by atoms with Gasteiger partial charge in [0.05, 0.1) is 6.61 Å². The zero-order valence-corrected chi connectivity index (χ0v) is 11.3. The zero-order valence-electron chi connectivity index (χ0n) is 11.3. The Balaban J connectivity index is 1.60. The SMILES string of the molecule is Oc1cccc(-c2nc(CCOc3ccccc3)no2)c1. The summed E-state index contributed by atoms with van der Waals surface area (Å²) in [5, 5.41) is 13.3. The molecule has 106 valence electrons. The third-order valence-electron chi connectivity index (χ3n) is 2.90. The standard InChI is InChI=1S/C16H14N2O3/c19-13-6-4-5-12(11-13)16-17-15(18-21-16)9-10-20-14-7-2-1-3-8-14/h1-8,11,19H,9-10H2. The molecule has 2 aromatic carbocycles. The van der Waals surface area contributed by atoms with E-state index < -0.39 is 0 Å². The van der Waals surface area contributed by atoms with Crippen LogP contribution in [0.15, 0.2) is 59.1 Å². The largest absolute Gasteiger partial charge is 0.508 e. The number of nitrogens with zero attached hydrogens (tertiary/aromatic N) is 2. The summed E-state index contributed by atoms with van der Waals surface area (Å²) < 4.78 is 10.8. The van der Waals surface area contributed by atoms with E-state index in [4.69, 9.17) is 9.26 Å². The minimum atomic E-state index is 0.166. The van der Waals surface area contributed by atoms with Crippen molar-refractivity contribution in [3.8, 4) is 23.0 Å². The molecule has 0 aliphatic rings. The molecule has 1 aromatic heterocycles. The van der Waals surface area contributed by atoms with Crippen LogP contribution in [0.2, 0.25) is 0 Å². The number of hydrogen-bond acceptors (Lipinski definition) is 5. The Morgan fingerprint density at radius 1 is 1.05 bits per heavy atom. The molecule has 0 aliphatic heterocycles. The predicted molar refractivity (Wildman–Crippen MR) is 77.0 cm³/mol. The van der Waals surface area contributed by atoms with Gasteiger partial charge in [-0.25, -0.2) is 0 Å². The van der Waals surface area contributed by atoms with Crippen molar-refractivity contribution < 1.29 is 14.4 Å². The normalized spacial score (nSPS) is 10.5. The zero-order chi connectivity index (χ0) is 14.5. The highest BCUT2D eigenvalue weighted by Gasteiger charge is 2.09. The van der Waals surface area contributed by atoms with Crippen LogP contribution < -0.4 is 4.74 Å². The van der Waals surface area contributed by atoms with Gasteiger partial charge in [-0.15, -0.1) is 0 Å². The smallest absolute Gasteiger partial charge is 0.258 e. The van der Waals surface area contributed by atoms with Crippen LogP contribution >= 0.6 is 0 Å². The van der Waals surface area contributed by atoms with Crippen LogP contribution in [0.3, 0.4) is 0 Å². The number of phenols is 1. The van der Waals surface area contributed by atoms with Gasteiger partial charge < -0.3 is 14.4 Å². The van der Waals surface area contributed by atoms with E-state index in [0.717, 1.165) is 5.75 Å². The van der Waals surface area contributed by atoms with Gasteiger partial charge in [-0.2, -0.15) is 4.98 Å². The van der Waals surface area contributed by atoms with Gasteiger partial charge >= 0.3 is 0 Å². The Morgan fingerprint density at radius 3 is 2.71 bits per heavy atom. The Morgan fingerprint density at radius 2 is 1.90 bits per heavy atom. The number of para-hydroxylation sites is 1. The summed E-state index contributed by atoms with van der Waals surface area (Å²) in [7, 11) is 0. The summed E-state index contributed by atoms with van der Waals surface area (Å²) in [6, 6.07) is 16.3. The monoisotopic (exact) mass is 282 g/mol. The molecule has 0 fully saturated rings. The van der Waals surface area contributed by atoms with Crippen LogP contribution in [0.5, 0.6) is 11.5 Å². The average molecular weight is 282 g/mol. The molecule has 1 heterocycles. The second-order valence-corrected chi connectivity index (χ2v) is 4.48. The molecular formula is C16H14N2O3. The lowest BCUT2D eigenvalue weighted by atomic mass is 10.2. The molecule has 5 heteroatoms. The van der Waals surface area contributed by atoms with E-state index in [0.29, 0.717) is 30.3 Å². The molecule has 3 rings (SSSR count). The van der Waals surface area contributed by atoms with E-state index in [-0.39, 0.29) is 5.75 Å².